The van der Waals surface area contributed by atoms with E-state index in [1.807, 2.05) is 48.3 Å². The molecule has 0 bridgehead atoms. The molecule has 0 aliphatic rings. The summed E-state index contributed by atoms with van der Waals surface area (Å²) in [6.45, 7) is 4.48. The molecule has 0 radical (unpaired) electrons. The van der Waals surface area contributed by atoms with Gasteiger partial charge in [-0.1, -0.05) is 44.2 Å². The van der Waals surface area contributed by atoms with Gasteiger partial charge < -0.3 is 0 Å². The zero-order valence-electron chi connectivity index (χ0n) is 11.9. The Kier molecular flexibility index (Phi) is 5.69. The minimum atomic E-state index is 0.706. The lowest BCUT2D eigenvalue weighted by atomic mass is 10.2. The summed E-state index contributed by atoms with van der Waals surface area (Å²) in [6.07, 6.45) is 1.85. The van der Waals surface area contributed by atoms with Gasteiger partial charge in [0, 0.05) is 10.6 Å². The van der Waals surface area contributed by atoms with E-state index < -0.39 is 0 Å². The van der Waals surface area contributed by atoms with E-state index in [0.29, 0.717) is 5.92 Å². The van der Waals surface area contributed by atoms with Crippen LogP contribution in [0.5, 0.6) is 0 Å². The smallest absolute Gasteiger partial charge is 0.0561 e. The molecule has 2 aromatic rings. The van der Waals surface area contributed by atoms with E-state index in [9.17, 15) is 0 Å². The predicted molar refractivity (Wildman–Crippen MR) is 89.7 cm³/mol. The Bertz CT molecular complexity index is 550. The van der Waals surface area contributed by atoms with E-state index in [4.69, 9.17) is 0 Å². The number of rotatable bonds is 6. The zero-order valence-corrected chi connectivity index (χ0v) is 12.7. The van der Waals surface area contributed by atoms with Crippen molar-refractivity contribution in [3.8, 4) is 0 Å². The minimum absolute atomic E-state index is 0.706. The molecule has 20 heavy (non-hydrogen) atoms. The average molecular weight is 284 g/mol. The van der Waals surface area contributed by atoms with E-state index in [1.165, 1.54) is 4.90 Å². The number of anilines is 1. The van der Waals surface area contributed by atoms with Gasteiger partial charge in [-0.25, -0.2) is 0 Å². The highest BCUT2D eigenvalue weighted by molar-refractivity contribution is 7.99. The number of nitrogens with one attached hydrogen (secondary N) is 1. The molecule has 1 N–H and O–H groups in total. The van der Waals surface area contributed by atoms with Gasteiger partial charge in [-0.2, -0.15) is 5.10 Å². The van der Waals surface area contributed by atoms with Crippen LogP contribution in [0.2, 0.25) is 0 Å². The summed E-state index contributed by atoms with van der Waals surface area (Å²) in [5.74, 6) is 1.85. The highest BCUT2D eigenvalue weighted by atomic mass is 32.2. The Morgan fingerprint density at radius 1 is 1.10 bits per heavy atom. The first-order chi connectivity index (χ1) is 9.74. The van der Waals surface area contributed by atoms with Gasteiger partial charge in [0.15, 0.2) is 0 Å². The molecule has 104 valence electrons. The van der Waals surface area contributed by atoms with Gasteiger partial charge in [0.2, 0.25) is 0 Å². The van der Waals surface area contributed by atoms with Gasteiger partial charge >= 0.3 is 0 Å². The summed E-state index contributed by atoms with van der Waals surface area (Å²) in [4.78, 5) is 1.29. The van der Waals surface area contributed by atoms with E-state index in [0.717, 1.165) is 17.0 Å². The van der Waals surface area contributed by atoms with E-state index in [2.05, 4.69) is 48.6 Å². The van der Waals surface area contributed by atoms with Crippen molar-refractivity contribution in [1.82, 2.24) is 0 Å². The minimum Gasteiger partial charge on any atom is -0.279 e. The van der Waals surface area contributed by atoms with Gasteiger partial charge in [0.25, 0.3) is 0 Å². The molecule has 0 fully saturated rings. The SMILES string of the molecule is CC(C)CSc1cccc(C=NNc2ccccc2)c1. The lowest BCUT2D eigenvalue weighted by Crippen LogP contribution is -1.92. The molecule has 0 heterocycles. The van der Waals surface area contributed by atoms with Crippen LogP contribution < -0.4 is 5.43 Å². The molecule has 0 saturated heterocycles. The molecule has 0 unspecified atom stereocenters. The third-order valence-electron chi connectivity index (χ3n) is 2.62. The zero-order chi connectivity index (χ0) is 14.2. The van der Waals surface area contributed by atoms with Gasteiger partial charge in [0.1, 0.15) is 0 Å². The molecular formula is C17H20N2S. The monoisotopic (exact) mass is 284 g/mol. The molecule has 0 atom stereocenters. The van der Waals surface area contributed by atoms with Crippen LogP contribution in [0.1, 0.15) is 19.4 Å². The van der Waals surface area contributed by atoms with Crippen molar-refractivity contribution >= 4 is 23.7 Å². The van der Waals surface area contributed by atoms with Crippen LogP contribution in [0.15, 0.2) is 64.6 Å². The lowest BCUT2D eigenvalue weighted by Gasteiger charge is -2.05. The van der Waals surface area contributed by atoms with E-state index in [1.54, 1.807) is 0 Å². The topological polar surface area (TPSA) is 24.4 Å². The molecule has 0 spiro atoms. The fourth-order valence-electron chi connectivity index (χ4n) is 1.64. The highest BCUT2D eigenvalue weighted by Crippen LogP contribution is 2.21. The molecule has 3 heteroatoms. The summed E-state index contributed by atoms with van der Waals surface area (Å²) < 4.78 is 0. The molecule has 0 saturated carbocycles. The van der Waals surface area contributed by atoms with Crippen LogP contribution in [-0.2, 0) is 0 Å². The van der Waals surface area contributed by atoms with Gasteiger partial charge in [0.05, 0.1) is 11.9 Å². The Labute approximate surface area is 125 Å². The van der Waals surface area contributed by atoms with Crippen molar-refractivity contribution in [3.05, 3.63) is 60.2 Å². The van der Waals surface area contributed by atoms with Crippen LogP contribution in [0, 0.1) is 5.92 Å². The Hall–Kier alpha value is -1.74. The summed E-state index contributed by atoms with van der Waals surface area (Å²) in [5, 5.41) is 4.26. The quantitative estimate of drug-likeness (QED) is 0.464. The molecular weight excluding hydrogens is 264 g/mol. The molecule has 0 aromatic heterocycles. The number of thioether (sulfide) groups is 1. The van der Waals surface area contributed by atoms with Crippen molar-refractivity contribution in [3.63, 3.8) is 0 Å². The Morgan fingerprint density at radius 2 is 1.90 bits per heavy atom. The van der Waals surface area contributed by atoms with Crippen molar-refractivity contribution < 1.29 is 0 Å². The first kappa shape index (κ1) is 14.7. The summed E-state index contributed by atoms with van der Waals surface area (Å²) in [6, 6.07) is 18.4. The number of benzene rings is 2. The van der Waals surface area contributed by atoms with Crippen LogP contribution >= 0.6 is 11.8 Å². The molecule has 2 aromatic carbocycles. The molecule has 0 aliphatic heterocycles. The number of hydrogen-bond donors (Lipinski definition) is 1. The lowest BCUT2D eigenvalue weighted by molar-refractivity contribution is 0.750. The summed E-state index contributed by atoms with van der Waals surface area (Å²) in [7, 11) is 0. The third-order valence-corrected chi connectivity index (χ3v) is 4.04. The fourth-order valence-corrected chi connectivity index (χ4v) is 2.56. The summed E-state index contributed by atoms with van der Waals surface area (Å²) in [5.41, 5.74) is 5.13. The number of para-hydroxylation sites is 1. The molecule has 0 aliphatic carbocycles. The second kappa shape index (κ2) is 7.75. The van der Waals surface area contributed by atoms with Gasteiger partial charge in [-0.05, 0) is 35.7 Å². The Morgan fingerprint density at radius 3 is 2.65 bits per heavy atom. The maximum atomic E-state index is 4.26. The maximum Gasteiger partial charge on any atom is 0.0561 e. The second-order valence-corrected chi connectivity index (χ2v) is 6.11. The first-order valence-corrected chi connectivity index (χ1v) is 7.79. The number of nitrogens with zero attached hydrogens (tertiary/aromatic N) is 1. The maximum absolute atomic E-state index is 4.26. The largest absolute Gasteiger partial charge is 0.279 e. The van der Waals surface area contributed by atoms with E-state index >= 15 is 0 Å². The molecule has 2 nitrogen and oxygen atoms in total. The number of hydrazone groups is 1. The average Bonchev–Trinajstić information content (AvgIpc) is 2.47. The van der Waals surface area contributed by atoms with Crippen molar-refractivity contribution in [2.45, 2.75) is 18.7 Å². The first-order valence-electron chi connectivity index (χ1n) is 6.81. The van der Waals surface area contributed by atoms with Crippen LogP contribution in [0.4, 0.5) is 5.69 Å². The molecule has 2 rings (SSSR count). The van der Waals surface area contributed by atoms with Crippen molar-refractivity contribution in [2.75, 3.05) is 11.2 Å². The van der Waals surface area contributed by atoms with E-state index in [-0.39, 0.29) is 0 Å². The molecule has 0 amide bonds. The van der Waals surface area contributed by atoms with Crippen LogP contribution in [0.3, 0.4) is 0 Å². The van der Waals surface area contributed by atoms with Crippen LogP contribution in [-0.4, -0.2) is 12.0 Å². The van der Waals surface area contributed by atoms with Gasteiger partial charge in [-0.3, -0.25) is 5.43 Å². The highest BCUT2D eigenvalue weighted by Gasteiger charge is 1.98. The normalized spacial score (nSPS) is 11.2. The Balaban J connectivity index is 1.93. The summed E-state index contributed by atoms with van der Waals surface area (Å²) >= 11 is 1.89. The second-order valence-electron chi connectivity index (χ2n) is 5.01. The number of hydrogen-bond acceptors (Lipinski definition) is 3. The predicted octanol–water partition coefficient (Wildman–Crippen LogP) is 4.88. The van der Waals surface area contributed by atoms with Crippen LogP contribution in [0.25, 0.3) is 0 Å². The van der Waals surface area contributed by atoms with Crippen molar-refractivity contribution in [2.24, 2.45) is 11.0 Å². The third kappa shape index (κ3) is 5.10. The van der Waals surface area contributed by atoms with Gasteiger partial charge in [-0.15, -0.1) is 11.8 Å². The fraction of sp³-hybridized carbons (Fsp3) is 0.235. The van der Waals surface area contributed by atoms with Crippen molar-refractivity contribution in [1.29, 1.82) is 0 Å². The standard InChI is InChI=1S/C17H20N2S/c1-14(2)13-20-17-10-6-7-15(11-17)12-18-19-16-8-4-3-5-9-16/h3-12,14,19H,13H2,1-2H3.